The lowest BCUT2D eigenvalue weighted by Gasteiger charge is -2.21. The number of nitrogens with zero attached hydrogens (tertiary/aromatic N) is 2. The van der Waals surface area contributed by atoms with Crippen molar-refractivity contribution in [3.63, 3.8) is 0 Å². The highest BCUT2D eigenvalue weighted by Gasteiger charge is 2.07. The van der Waals surface area contributed by atoms with Crippen LogP contribution in [0.1, 0.15) is 5.56 Å². The number of hydrogen-bond donors (Lipinski definition) is 0. The van der Waals surface area contributed by atoms with Gasteiger partial charge in [0, 0.05) is 26.7 Å². The minimum atomic E-state index is 0.975. The Morgan fingerprint density at radius 1 is 0.900 bits per heavy atom. The Morgan fingerprint density at radius 2 is 1.65 bits per heavy atom. The Bertz CT molecular complexity index is 730. The lowest BCUT2D eigenvalue weighted by atomic mass is 10.1. The summed E-state index contributed by atoms with van der Waals surface area (Å²) in [5.74, 6) is 0. The Morgan fingerprint density at radius 3 is 2.45 bits per heavy atom. The highest BCUT2D eigenvalue weighted by atomic mass is 32.1. The first-order valence-electron chi connectivity index (χ1n) is 6.87. The molecule has 1 heterocycles. The molecule has 20 heavy (non-hydrogen) atoms. The van der Waals surface area contributed by atoms with Crippen molar-refractivity contribution in [3.05, 3.63) is 48.0 Å². The van der Waals surface area contributed by atoms with E-state index in [1.807, 2.05) is 11.3 Å². The topological polar surface area (TPSA) is 6.48 Å². The maximum absolute atomic E-state index is 2.35. The van der Waals surface area contributed by atoms with Gasteiger partial charge in [-0.3, -0.25) is 9.80 Å². The largest absolute Gasteiger partial charge is 0.297 e. The standard InChI is InChI=1S/C17H20N2S/c1-18(2)12-19(3)11-13-8-9-17-15(10-13)14-6-4-5-7-16(14)20-17/h4-10H,11-12H2,1-3H3. The van der Waals surface area contributed by atoms with Crippen LogP contribution in [0.25, 0.3) is 20.2 Å². The molecule has 3 aromatic rings. The highest BCUT2D eigenvalue weighted by Crippen LogP contribution is 2.34. The number of rotatable bonds is 4. The molecule has 0 aliphatic heterocycles. The summed E-state index contributed by atoms with van der Waals surface area (Å²) in [6, 6.07) is 15.5. The van der Waals surface area contributed by atoms with Gasteiger partial charge in [-0.15, -0.1) is 11.3 Å². The molecule has 0 fully saturated rings. The summed E-state index contributed by atoms with van der Waals surface area (Å²) in [5.41, 5.74) is 1.38. The molecule has 3 rings (SSSR count). The van der Waals surface area contributed by atoms with Crippen molar-refractivity contribution < 1.29 is 0 Å². The molecule has 2 aromatic carbocycles. The maximum atomic E-state index is 2.35. The van der Waals surface area contributed by atoms with E-state index in [2.05, 4.69) is 73.4 Å². The molecule has 3 heteroatoms. The monoisotopic (exact) mass is 284 g/mol. The van der Waals surface area contributed by atoms with Crippen LogP contribution in [0.5, 0.6) is 0 Å². The Kier molecular flexibility index (Phi) is 3.74. The van der Waals surface area contributed by atoms with Crippen molar-refractivity contribution in [1.29, 1.82) is 0 Å². The summed E-state index contributed by atoms with van der Waals surface area (Å²) < 4.78 is 2.76. The molecule has 104 valence electrons. The van der Waals surface area contributed by atoms with E-state index < -0.39 is 0 Å². The van der Waals surface area contributed by atoms with Crippen molar-refractivity contribution >= 4 is 31.5 Å². The minimum absolute atomic E-state index is 0.975. The van der Waals surface area contributed by atoms with Gasteiger partial charge in [0.1, 0.15) is 0 Å². The van der Waals surface area contributed by atoms with Gasteiger partial charge in [0.15, 0.2) is 0 Å². The first-order chi connectivity index (χ1) is 9.63. The van der Waals surface area contributed by atoms with Crippen molar-refractivity contribution in [2.75, 3.05) is 27.8 Å². The van der Waals surface area contributed by atoms with E-state index in [0.717, 1.165) is 13.2 Å². The second kappa shape index (κ2) is 5.52. The molecule has 0 saturated heterocycles. The van der Waals surface area contributed by atoms with Crippen molar-refractivity contribution in [3.8, 4) is 0 Å². The van der Waals surface area contributed by atoms with Gasteiger partial charge in [-0.1, -0.05) is 24.3 Å². The molecule has 0 spiro atoms. The summed E-state index contributed by atoms with van der Waals surface area (Å²) in [6.07, 6.45) is 0. The highest BCUT2D eigenvalue weighted by molar-refractivity contribution is 7.25. The van der Waals surface area contributed by atoms with E-state index in [4.69, 9.17) is 0 Å². The molecular formula is C17H20N2S. The van der Waals surface area contributed by atoms with Crippen LogP contribution in [0.4, 0.5) is 0 Å². The molecule has 0 atom stereocenters. The molecule has 0 aliphatic rings. The predicted octanol–water partition coefficient (Wildman–Crippen LogP) is 4.01. The third-order valence-electron chi connectivity index (χ3n) is 3.42. The van der Waals surface area contributed by atoms with Gasteiger partial charge >= 0.3 is 0 Å². The third kappa shape index (κ3) is 2.70. The van der Waals surface area contributed by atoms with E-state index in [1.54, 1.807) is 0 Å². The van der Waals surface area contributed by atoms with Crippen LogP contribution in [0.15, 0.2) is 42.5 Å². The minimum Gasteiger partial charge on any atom is -0.297 e. The lowest BCUT2D eigenvalue weighted by molar-refractivity contribution is 0.204. The average Bonchev–Trinajstić information content (AvgIpc) is 2.76. The SMILES string of the molecule is CN(C)CN(C)Cc1ccc2sc3ccccc3c2c1. The fourth-order valence-electron chi connectivity index (χ4n) is 2.72. The van der Waals surface area contributed by atoms with Crippen LogP contribution < -0.4 is 0 Å². The second-order valence-electron chi connectivity index (χ2n) is 5.66. The smallest absolute Gasteiger partial charge is 0.0501 e. The number of fused-ring (bicyclic) bond motifs is 3. The molecule has 0 unspecified atom stereocenters. The van der Waals surface area contributed by atoms with Crippen LogP contribution >= 0.6 is 11.3 Å². The quantitative estimate of drug-likeness (QED) is 0.668. The summed E-state index contributed by atoms with van der Waals surface area (Å²) in [6.45, 7) is 1.96. The van der Waals surface area contributed by atoms with Gasteiger partial charge in [0.25, 0.3) is 0 Å². The first kappa shape index (κ1) is 13.6. The van der Waals surface area contributed by atoms with Gasteiger partial charge < -0.3 is 0 Å². The summed E-state index contributed by atoms with van der Waals surface area (Å²) in [7, 11) is 6.37. The van der Waals surface area contributed by atoms with Gasteiger partial charge in [0.05, 0.1) is 6.67 Å². The Balaban J connectivity index is 1.95. The molecule has 0 radical (unpaired) electrons. The summed E-state index contributed by atoms with van der Waals surface area (Å²) in [5, 5.41) is 2.77. The number of thiophene rings is 1. The van der Waals surface area contributed by atoms with Crippen molar-refractivity contribution in [2.45, 2.75) is 6.54 Å². The fraction of sp³-hybridized carbons (Fsp3) is 0.294. The Hall–Kier alpha value is -1.42. The first-order valence-corrected chi connectivity index (χ1v) is 7.68. The van der Waals surface area contributed by atoms with Crippen LogP contribution in [0, 0.1) is 0 Å². The summed E-state index contributed by atoms with van der Waals surface area (Å²) in [4.78, 5) is 4.52. The zero-order valence-electron chi connectivity index (χ0n) is 12.3. The van der Waals surface area contributed by atoms with E-state index in [-0.39, 0.29) is 0 Å². The second-order valence-corrected chi connectivity index (χ2v) is 6.75. The van der Waals surface area contributed by atoms with E-state index in [9.17, 15) is 0 Å². The molecule has 0 bridgehead atoms. The molecule has 0 amide bonds. The van der Waals surface area contributed by atoms with Crippen molar-refractivity contribution in [2.24, 2.45) is 0 Å². The summed E-state index contributed by atoms with van der Waals surface area (Å²) >= 11 is 1.88. The molecule has 2 nitrogen and oxygen atoms in total. The van der Waals surface area contributed by atoms with Gasteiger partial charge in [-0.05, 0) is 44.9 Å². The predicted molar refractivity (Wildman–Crippen MR) is 89.4 cm³/mol. The molecule has 0 N–H and O–H groups in total. The average molecular weight is 284 g/mol. The molecule has 0 saturated carbocycles. The molecule has 0 aliphatic carbocycles. The van der Waals surface area contributed by atoms with Gasteiger partial charge in [-0.25, -0.2) is 0 Å². The zero-order valence-corrected chi connectivity index (χ0v) is 13.1. The lowest BCUT2D eigenvalue weighted by Crippen LogP contribution is -2.29. The number of benzene rings is 2. The van der Waals surface area contributed by atoms with Crippen LogP contribution in [-0.4, -0.2) is 37.6 Å². The van der Waals surface area contributed by atoms with Crippen LogP contribution in [0.2, 0.25) is 0 Å². The number of hydrogen-bond acceptors (Lipinski definition) is 3. The van der Waals surface area contributed by atoms with Crippen molar-refractivity contribution in [1.82, 2.24) is 9.80 Å². The Labute approximate surface area is 124 Å². The molecular weight excluding hydrogens is 264 g/mol. The zero-order chi connectivity index (χ0) is 14.1. The van der Waals surface area contributed by atoms with Gasteiger partial charge in [0.2, 0.25) is 0 Å². The molecule has 1 aromatic heterocycles. The normalized spacial score (nSPS) is 12.1. The third-order valence-corrected chi connectivity index (χ3v) is 4.57. The van der Waals surface area contributed by atoms with Crippen LogP contribution in [-0.2, 0) is 6.54 Å². The fourth-order valence-corrected chi connectivity index (χ4v) is 3.80. The van der Waals surface area contributed by atoms with E-state index in [1.165, 1.54) is 25.7 Å². The van der Waals surface area contributed by atoms with E-state index >= 15 is 0 Å². The maximum Gasteiger partial charge on any atom is 0.0501 e. The van der Waals surface area contributed by atoms with E-state index in [0.29, 0.717) is 0 Å². The van der Waals surface area contributed by atoms with Crippen LogP contribution in [0.3, 0.4) is 0 Å². The van der Waals surface area contributed by atoms with Gasteiger partial charge in [-0.2, -0.15) is 0 Å².